The highest BCUT2D eigenvalue weighted by Gasteiger charge is 2.35. The molecule has 1 atom stereocenters. The number of para-hydroxylation sites is 1. The zero-order chi connectivity index (χ0) is 19.5. The Morgan fingerprint density at radius 3 is 2.73 bits per heavy atom. The molecular weight excluding hydrogens is 399 g/mol. The van der Waals surface area contributed by atoms with Gasteiger partial charge in [0.25, 0.3) is 0 Å². The number of benzene rings is 1. The summed E-state index contributed by atoms with van der Waals surface area (Å²) in [5.74, 6) is 0.231. The Bertz CT molecular complexity index is 709. The second-order valence-corrected chi connectivity index (χ2v) is 11.4. The van der Waals surface area contributed by atoms with E-state index in [4.69, 9.17) is 25.6 Å². The molecule has 0 bridgehead atoms. The fourth-order valence-corrected chi connectivity index (χ4v) is 5.22. The Labute approximate surface area is 161 Å². The number of carboxylic acid groups (broad SMARTS) is 1. The van der Waals surface area contributed by atoms with Crippen LogP contribution in [0.25, 0.3) is 0 Å². The van der Waals surface area contributed by atoms with Crippen LogP contribution in [0.5, 0.6) is 5.75 Å². The first kappa shape index (κ1) is 21.4. The second-order valence-electron chi connectivity index (χ2n) is 6.27. The minimum absolute atomic E-state index is 0.0613. The first-order chi connectivity index (χ1) is 12.1. The maximum absolute atomic E-state index is 12.4. The van der Waals surface area contributed by atoms with Gasteiger partial charge in [0.15, 0.2) is 0 Å². The van der Waals surface area contributed by atoms with Crippen molar-refractivity contribution in [3.8, 4) is 5.75 Å². The third-order valence-electron chi connectivity index (χ3n) is 3.81. The van der Waals surface area contributed by atoms with E-state index in [9.17, 15) is 14.5 Å². The van der Waals surface area contributed by atoms with Crippen molar-refractivity contribution in [2.45, 2.75) is 25.9 Å². The van der Waals surface area contributed by atoms with Crippen molar-refractivity contribution in [3.05, 3.63) is 23.8 Å². The molecule has 0 saturated heterocycles. The molecule has 0 aromatic heterocycles. The van der Waals surface area contributed by atoms with Gasteiger partial charge in [0.2, 0.25) is 12.4 Å². The maximum Gasteiger partial charge on any atom is 0.415 e. The van der Waals surface area contributed by atoms with Gasteiger partial charge in [-0.3, -0.25) is 0 Å². The van der Waals surface area contributed by atoms with Crippen molar-refractivity contribution >= 4 is 41.4 Å². The molecule has 11 heteroatoms. The molecule has 8 nitrogen and oxygen atoms in total. The quantitative estimate of drug-likeness (QED) is 0.487. The zero-order valence-electron chi connectivity index (χ0n) is 15.1. The van der Waals surface area contributed by atoms with Crippen molar-refractivity contribution in [3.63, 3.8) is 0 Å². The predicted molar refractivity (Wildman–Crippen MR) is 105 cm³/mol. The number of hydrogen-bond donors (Lipinski definition) is 2. The van der Waals surface area contributed by atoms with Gasteiger partial charge in [-0.05, 0) is 31.7 Å². The summed E-state index contributed by atoms with van der Waals surface area (Å²) >= 11 is 3.50. The summed E-state index contributed by atoms with van der Waals surface area (Å²) in [5.41, 5.74) is 0.879. The van der Waals surface area contributed by atoms with E-state index in [1.165, 1.54) is 14.2 Å². The third kappa shape index (κ3) is 5.10. The number of nitrogens with zero attached hydrogens (tertiary/aromatic N) is 1. The molecule has 1 unspecified atom stereocenters. The Kier molecular flexibility index (Phi) is 6.95. The molecule has 2 rings (SSSR count). The lowest BCUT2D eigenvalue weighted by Crippen LogP contribution is -2.40. The van der Waals surface area contributed by atoms with Gasteiger partial charge in [-0.1, -0.05) is 12.1 Å². The largest absolute Gasteiger partial charge is 0.597 e. The van der Waals surface area contributed by atoms with E-state index >= 15 is 0 Å². The van der Waals surface area contributed by atoms with Crippen LogP contribution in [0.1, 0.15) is 19.4 Å². The van der Waals surface area contributed by atoms with Crippen LogP contribution in [-0.4, -0.2) is 47.7 Å². The molecule has 26 heavy (non-hydrogen) atoms. The zero-order valence-corrected chi connectivity index (χ0v) is 17.6. The lowest BCUT2D eigenvalue weighted by molar-refractivity contribution is 0.138. The van der Waals surface area contributed by atoms with Gasteiger partial charge < -0.3 is 23.4 Å². The molecule has 0 fully saturated rings. The molecule has 1 aliphatic rings. The molecule has 1 aromatic carbocycles. The van der Waals surface area contributed by atoms with Gasteiger partial charge >= 0.3 is 6.09 Å². The highest BCUT2D eigenvalue weighted by atomic mass is 32.5. The van der Waals surface area contributed by atoms with Crippen LogP contribution in [0, 0.1) is 0 Å². The molecule has 0 saturated carbocycles. The van der Waals surface area contributed by atoms with Gasteiger partial charge in [0, 0.05) is 26.2 Å². The SMILES string of the molecule is COP(=S)(CN[S+]([O-])CN(C(=O)O)c1cccc2c1OC(C)(C)C2)OC. The average Bonchev–Trinajstić information content (AvgIpc) is 2.91. The maximum atomic E-state index is 12.4. The summed E-state index contributed by atoms with van der Waals surface area (Å²) in [6, 6.07) is 5.30. The van der Waals surface area contributed by atoms with E-state index in [1.54, 1.807) is 12.1 Å². The smallest absolute Gasteiger partial charge is 0.415 e. The highest BCUT2D eigenvalue weighted by Crippen LogP contribution is 2.45. The number of hydrogen-bond acceptors (Lipinski definition) is 7. The molecular formula is C15H23N2O6PS2. The first-order valence-electron chi connectivity index (χ1n) is 7.74. The number of ether oxygens (including phenoxy) is 1. The van der Waals surface area contributed by atoms with E-state index in [1.807, 2.05) is 19.9 Å². The number of nitrogens with one attached hydrogen (secondary N) is 1. The molecule has 0 aliphatic carbocycles. The normalized spacial score (nSPS) is 16.7. The summed E-state index contributed by atoms with van der Waals surface area (Å²) in [5, 5.41) is 9.60. The Morgan fingerprint density at radius 1 is 1.50 bits per heavy atom. The van der Waals surface area contributed by atoms with E-state index < -0.39 is 29.5 Å². The standard InChI is InChI=1S/C15H23N2O6PS2/c1-15(2)8-11-6-5-7-12(13(11)23-15)17(14(18)19)10-26(20)16-9-24(25,21-3)22-4/h5-7,16H,8-10H2,1-4H3,(H,18,19). The van der Waals surface area contributed by atoms with Gasteiger partial charge in [0.05, 0.1) is 17.0 Å². The van der Waals surface area contributed by atoms with Crippen LogP contribution in [-0.2, 0) is 38.6 Å². The van der Waals surface area contributed by atoms with Gasteiger partial charge in [-0.25, -0.2) is 9.69 Å². The molecule has 0 spiro atoms. The van der Waals surface area contributed by atoms with Crippen molar-refractivity contribution in [2.24, 2.45) is 0 Å². The first-order valence-corrected chi connectivity index (χ1v) is 11.9. The van der Waals surface area contributed by atoms with Crippen LogP contribution < -0.4 is 14.4 Å². The number of rotatable bonds is 8. The molecule has 1 aliphatic heterocycles. The van der Waals surface area contributed by atoms with Crippen molar-refractivity contribution < 1.29 is 28.2 Å². The highest BCUT2D eigenvalue weighted by molar-refractivity contribution is 8.10. The third-order valence-corrected chi connectivity index (χ3v) is 7.93. The summed E-state index contributed by atoms with van der Waals surface area (Å²) in [6.07, 6.45) is -0.485. The number of fused-ring (bicyclic) bond motifs is 1. The topological polar surface area (TPSA) is 103 Å². The van der Waals surface area contributed by atoms with Crippen LogP contribution in [0.15, 0.2) is 18.2 Å². The molecule has 1 amide bonds. The number of anilines is 1. The van der Waals surface area contributed by atoms with E-state index in [0.29, 0.717) is 17.9 Å². The second kappa shape index (κ2) is 8.43. The van der Waals surface area contributed by atoms with Gasteiger partial charge in [-0.2, -0.15) is 0 Å². The summed E-state index contributed by atoms with van der Waals surface area (Å²) in [7, 11) is 2.84. The number of carbonyl (C=O) groups is 1. The fraction of sp³-hybridized carbons (Fsp3) is 0.533. The minimum Gasteiger partial charge on any atom is -0.597 e. The van der Waals surface area contributed by atoms with E-state index in [0.717, 1.165) is 10.5 Å². The van der Waals surface area contributed by atoms with Crippen molar-refractivity contribution in [1.29, 1.82) is 0 Å². The van der Waals surface area contributed by atoms with Crippen LogP contribution in [0.2, 0.25) is 0 Å². The Morgan fingerprint density at radius 2 is 2.15 bits per heavy atom. The molecule has 1 heterocycles. The van der Waals surface area contributed by atoms with Crippen LogP contribution >= 0.6 is 6.49 Å². The Balaban J connectivity index is 2.15. The lowest BCUT2D eigenvalue weighted by atomic mass is 10.0. The van der Waals surface area contributed by atoms with E-state index in [2.05, 4.69) is 4.72 Å². The van der Waals surface area contributed by atoms with Gasteiger partial charge in [-0.15, -0.1) is 4.72 Å². The fourth-order valence-electron chi connectivity index (χ4n) is 2.56. The summed E-state index contributed by atoms with van der Waals surface area (Å²) in [6.45, 7) is 1.30. The van der Waals surface area contributed by atoms with Crippen LogP contribution in [0.4, 0.5) is 10.5 Å². The minimum atomic E-state index is -2.57. The summed E-state index contributed by atoms with van der Waals surface area (Å²) < 4.78 is 31.2. The molecule has 1 aromatic rings. The van der Waals surface area contributed by atoms with Crippen molar-refractivity contribution in [2.75, 3.05) is 31.3 Å². The Hall–Kier alpha value is -0.870. The van der Waals surface area contributed by atoms with Gasteiger partial charge in [0.1, 0.15) is 17.6 Å². The molecule has 0 radical (unpaired) electrons. The van der Waals surface area contributed by atoms with Crippen molar-refractivity contribution in [1.82, 2.24) is 4.72 Å². The monoisotopic (exact) mass is 422 g/mol. The number of amides is 1. The molecule has 2 N–H and O–H groups in total. The molecule has 146 valence electrons. The summed E-state index contributed by atoms with van der Waals surface area (Å²) in [4.78, 5) is 12.8. The van der Waals surface area contributed by atoms with Crippen LogP contribution in [0.3, 0.4) is 0 Å². The average molecular weight is 422 g/mol. The van der Waals surface area contributed by atoms with E-state index in [-0.39, 0.29) is 12.2 Å². The lowest BCUT2D eigenvalue weighted by Gasteiger charge is -2.25. The predicted octanol–water partition coefficient (Wildman–Crippen LogP) is 2.66.